The van der Waals surface area contributed by atoms with Crippen LogP contribution in [-0.2, 0) is 6.54 Å². The third-order valence-electron chi connectivity index (χ3n) is 2.49. The van der Waals surface area contributed by atoms with E-state index in [0.29, 0.717) is 5.95 Å². The van der Waals surface area contributed by atoms with Gasteiger partial charge in [-0.3, -0.25) is 0 Å². The molecule has 0 bridgehead atoms. The van der Waals surface area contributed by atoms with Gasteiger partial charge in [-0.05, 0) is 31.0 Å². The predicted molar refractivity (Wildman–Crippen MR) is 65.3 cm³/mol. The summed E-state index contributed by atoms with van der Waals surface area (Å²) in [5.74, 6) is 0.684. The Balaban J connectivity index is 2.05. The van der Waals surface area contributed by atoms with Gasteiger partial charge in [-0.1, -0.05) is 24.3 Å². The Kier molecular flexibility index (Phi) is 3.15. The summed E-state index contributed by atoms with van der Waals surface area (Å²) in [5, 5.41) is 3.22. The monoisotopic (exact) mass is 213 g/mol. The topological polar surface area (TPSA) is 37.8 Å². The SMILES string of the molecule is Cc1ccnc(NCc2ccccc2C)n1. The van der Waals surface area contributed by atoms with Gasteiger partial charge in [-0.15, -0.1) is 0 Å². The Morgan fingerprint density at radius 1 is 1.12 bits per heavy atom. The van der Waals surface area contributed by atoms with E-state index in [1.54, 1.807) is 6.20 Å². The summed E-state index contributed by atoms with van der Waals surface area (Å²) in [7, 11) is 0. The molecule has 0 unspecified atom stereocenters. The fourth-order valence-corrected chi connectivity index (χ4v) is 1.52. The third kappa shape index (κ3) is 2.57. The van der Waals surface area contributed by atoms with Crippen LogP contribution in [0.5, 0.6) is 0 Å². The molecular weight excluding hydrogens is 198 g/mol. The van der Waals surface area contributed by atoms with Gasteiger partial charge in [0.05, 0.1) is 0 Å². The molecule has 3 heteroatoms. The lowest BCUT2D eigenvalue weighted by atomic mass is 10.1. The number of rotatable bonds is 3. The van der Waals surface area contributed by atoms with Crippen LogP contribution in [0.15, 0.2) is 36.5 Å². The maximum atomic E-state index is 4.30. The molecule has 3 nitrogen and oxygen atoms in total. The second-order valence-electron chi connectivity index (χ2n) is 3.80. The second kappa shape index (κ2) is 4.75. The zero-order valence-electron chi connectivity index (χ0n) is 9.57. The second-order valence-corrected chi connectivity index (χ2v) is 3.80. The first-order chi connectivity index (χ1) is 7.75. The maximum Gasteiger partial charge on any atom is 0.223 e. The van der Waals surface area contributed by atoms with Crippen LogP contribution in [0.1, 0.15) is 16.8 Å². The van der Waals surface area contributed by atoms with Crippen molar-refractivity contribution < 1.29 is 0 Å². The van der Waals surface area contributed by atoms with Crippen molar-refractivity contribution in [3.05, 3.63) is 53.3 Å². The Morgan fingerprint density at radius 2 is 1.94 bits per heavy atom. The van der Waals surface area contributed by atoms with E-state index in [0.717, 1.165) is 12.2 Å². The highest BCUT2D eigenvalue weighted by atomic mass is 15.1. The van der Waals surface area contributed by atoms with E-state index in [1.807, 2.05) is 25.1 Å². The maximum absolute atomic E-state index is 4.30. The average Bonchev–Trinajstić information content (AvgIpc) is 2.28. The Bertz CT molecular complexity index is 480. The number of nitrogens with zero attached hydrogens (tertiary/aromatic N) is 2. The molecule has 1 heterocycles. The molecule has 0 saturated heterocycles. The van der Waals surface area contributed by atoms with Crippen LogP contribution in [0.3, 0.4) is 0 Å². The normalized spacial score (nSPS) is 10.1. The molecule has 1 aromatic heterocycles. The van der Waals surface area contributed by atoms with Crippen LogP contribution in [-0.4, -0.2) is 9.97 Å². The van der Waals surface area contributed by atoms with E-state index in [9.17, 15) is 0 Å². The Morgan fingerprint density at radius 3 is 2.69 bits per heavy atom. The number of aryl methyl sites for hydroxylation is 2. The molecule has 1 aromatic carbocycles. The molecule has 0 saturated carbocycles. The van der Waals surface area contributed by atoms with Crippen molar-refractivity contribution in [1.82, 2.24) is 9.97 Å². The zero-order chi connectivity index (χ0) is 11.4. The number of aromatic nitrogens is 2. The highest BCUT2D eigenvalue weighted by Gasteiger charge is 1.98. The third-order valence-corrected chi connectivity index (χ3v) is 2.49. The molecule has 0 fully saturated rings. The number of benzene rings is 1. The smallest absolute Gasteiger partial charge is 0.223 e. The molecular formula is C13H15N3. The van der Waals surface area contributed by atoms with Gasteiger partial charge in [0, 0.05) is 18.4 Å². The van der Waals surface area contributed by atoms with E-state index in [-0.39, 0.29) is 0 Å². The van der Waals surface area contributed by atoms with Gasteiger partial charge in [0.15, 0.2) is 0 Å². The first kappa shape index (κ1) is 10.6. The lowest BCUT2D eigenvalue weighted by Gasteiger charge is -2.07. The molecule has 0 aliphatic heterocycles. The summed E-state index contributed by atoms with van der Waals surface area (Å²) in [5.41, 5.74) is 3.53. The van der Waals surface area contributed by atoms with Crippen LogP contribution in [0.4, 0.5) is 5.95 Å². The van der Waals surface area contributed by atoms with E-state index in [1.165, 1.54) is 11.1 Å². The van der Waals surface area contributed by atoms with Crippen molar-refractivity contribution in [2.24, 2.45) is 0 Å². The molecule has 2 aromatic rings. The van der Waals surface area contributed by atoms with Crippen molar-refractivity contribution in [3.63, 3.8) is 0 Å². The molecule has 0 aliphatic carbocycles. The van der Waals surface area contributed by atoms with Gasteiger partial charge in [0.2, 0.25) is 5.95 Å². The van der Waals surface area contributed by atoms with Crippen LogP contribution < -0.4 is 5.32 Å². The Hall–Kier alpha value is -1.90. The molecule has 0 spiro atoms. The summed E-state index contributed by atoms with van der Waals surface area (Å²) >= 11 is 0. The molecule has 16 heavy (non-hydrogen) atoms. The van der Waals surface area contributed by atoms with Gasteiger partial charge in [0.1, 0.15) is 0 Å². The summed E-state index contributed by atoms with van der Waals surface area (Å²) in [6.45, 7) is 4.82. The fraction of sp³-hybridized carbons (Fsp3) is 0.231. The van der Waals surface area contributed by atoms with Crippen LogP contribution in [0.2, 0.25) is 0 Å². The highest BCUT2D eigenvalue weighted by Crippen LogP contribution is 2.08. The first-order valence-corrected chi connectivity index (χ1v) is 5.34. The number of nitrogens with one attached hydrogen (secondary N) is 1. The van der Waals surface area contributed by atoms with Crippen molar-refractivity contribution in [3.8, 4) is 0 Å². The number of hydrogen-bond donors (Lipinski definition) is 1. The van der Waals surface area contributed by atoms with Crippen molar-refractivity contribution in [2.45, 2.75) is 20.4 Å². The minimum Gasteiger partial charge on any atom is -0.350 e. The van der Waals surface area contributed by atoms with Gasteiger partial charge in [0.25, 0.3) is 0 Å². The minimum absolute atomic E-state index is 0.684. The summed E-state index contributed by atoms with van der Waals surface area (Å²) in [6.07, 6.45) is 1.77. The number of anilines is 1. The summed E-state index contributed by atoms with van der Waals surface area (Å²) in [4.78, 5) is 8.46. The first-order valence-electron chi connectivity index (χ1n) is 5.34. The largest absolute Gasteiger partial charge is 0.350 e. The van der Waals surface area contributed by atoms with E-state index >= 15 is 0 Å². The van der Waals surface area contributed by atoms with Gasteiger partial charge in [-0.25, -0.2) is 9.97 Å². The van der Waals surface area contributed by atoms with Crippen molar-refractivity contribution in [2.75, 3.05) is 5.32 Å². The van der Waals surface area contributed by atoms with E-state index < -0.39 is 0 Å². The highest BCUT2D eigenvalue weighted by molar-refractivity contribution is 5.31. The van der Waals surface area contributed by atoms with Crippen LogP contribution in [0.25, 0.3) is 0 Å². The van der Waals surface area contributed by atoms with Gasteiger partial charge < -0.3 is 5.32 Å². The average molecular weight is 213 g/mol. The number of hydrogen-bond acceptors (Lipinski definition) is 3. The molecule has 0 atom stereocenters. The van der Waals surface area contributed by atoms with Gasteiger partial charge in [-0.2, -0.15) is 0 Å². The standard InChI is InChI=1S/C13H15N3/c1-10-5-3-4-6-12(10)9-15-13-14-8-7-11(2)16-13/h3-8H,9H2,1-2H3,(H,14,15,16). The zero-order valence-corrected chi connectivity index (χ0v) is 9.57. The summed E-state index contributed by atoms with van der Waals surface area (Å²) in [6, 6.07) is 10.2. The van der Waals surface area contributed by atoms with Crippen molar-refractivity contribution >= 4 is 5.95 Å². The molecule has 0 aliphatic rings. The molecule has 1 N–H and O–H groups in total. The molecule has 2 rings (SSSR count). The molecule has 0 radical (unpaired) electrons. The Labute approximate surface area is 95.6 Å². The van der Waals surface area contributed by atoms with Crippen molar-refractivity contribution in [1.29, 1.82) is 0 Å². The lowest BCUT2D eigenvalue weighted by molar-refractivity contribution is 1.02. The van der Waals surface area contributed by atoms with E-state index in [2.05, 4.69) is 34.3 Å². The fourth-order valence-electron chi connectivity index (χ4n) is 1.52. The van der Waals surface area contributed by atoms with Crippen LogP contribution >= 0.6 is 0 Å². The van der Waals surface area contributed by atoms with Crippen LogP contribution in [0, 0.1) is 13.8 Å². The lowest BCUT2D eigenvalue weighted by Crippen LogP contribution is -2.04. The quantitative estimate of drug-likeness (QED) is 0.851. The summed E-state index contributed by atoms with van der Waals surface area (Å²) < 4.78 is 0. The van der Waals surface area contributed by atoms with E-state index in [4.69, 9.17) is 0 Å². The minimum atomic E-state index is 0.684. The molecule has 0 amide bonds. The molecule has 82 valence electrons. The van der Waals surface area contributed by atoms with Gasteiger partial charge >= 0.3 is 0 Å². The predicted octanol–water partition coefficient (Wildman–Crippen LogP) is 2.71.